The fourth-order valence-corrected chi connectivity index (χ4v) is 2.39. The number of aromatic nitrogens is 2. The van der Waals surface area contributed by atoms with Crippen LogP contribution in [-0.2, 0) is 6.54 Å². The van der Waals surface area contributed by atoms with Crippen molar-refractivity contribution in [3.63, 3.8) is 0 Å². The van der Waals surface area contributed by atoms with Gasteiger partial charge in [-0.1, -0.05) is 18.5 Å². The number of amides is 1. The standard InChI is InChI=1S/C15H16ClN3O3/c1-2-3-19-9-10(8-17-19)15(20)18-12-7-14-13(6-11(12)16)21-4-5-22-14/h6-9H,2-5H2,1H3,(H,18,20). The van der Waals surface area contributed by atoms with Crippen LogP contribution in [0.4, 0.5) is 5.69 Å². The van der Waals surface area contributed by atoms with Crippen LogP contribution >= 0.6 is 11.6 Å². The number of aryl methyl sites for hydroxylation is 1. The fourth-order valence-electron chi connectivity index (χ4n) is 2.19. The Kier molecular flexibility index (Phi) is 4.20. The molecular weight excluding hydrogens is 306 g/mol. The molecule has 1 aliphatic rings. The summed E-state index contributed by atoms with van der Waals surface area (Å²) >= 11 is 6.18. The average molecular weight is 322 g/mol. The highest BCUT2D eigenvalue weighted by Crippen LogP contribution is 2.38. The van der Waals surface area contributed by atoms with Gasteiger partial charge < -0.3 is 14.8 Å². The smallest absolute Gasteiger partial charge is 0.258 e. The van der Waals surface area contributed by atoms with Crippen LogP contribution in [0.25, 0.3) is 0 Å². The summed E-state index contributed by atoms with van der Waals surface area (Å²) in [5.41, 5.74) is 0.971. The lowest BCUT2D eigenvalue weighted by Gasteiger charge is -2.19. The number of carbonyl (C=O) groups excluding carboxylic acids is 1. The van der Waals surface area contributed by atoms with E-state index in [9.17, 15) is 4.79 Å². The van der Waals surface area contributed by atoms with Crippen LogP contribution in [0.3, 0.4) is 0 Å². The summed E-state index contributed by atoms with van der Waals surface area (Å²) in [5, 5.41) is 7.31. The maximum Gasteiger partial charge on any atom is 0.258 e. The van der Waals surface area contributed by atoms with Crippen molar-refractivity contribution in [3.8, 4) is 11.5 Å². The zero-order chi connectivity index (χ0) is 15.5. The molecule has 0 unspecified atom stereocenters. The number of fused-ring (bicyclic) bond motifs is 1. The lowest BCUT2D eigenvalue weighted by Crippen LogP contribution is -2.16. The first-order valence-electron chi connectivity index (χ1n) is 7.10. The van der Waals surface area contributed by atoms with Crippen LogP contribution in [0.2, 0.25) is 5.02 Å². The van der Waals surface area contributed by atoms with Crippen LogP contribution in [-0.4, -0.2) is 28.9 Å². The van der Waals surface area contributed by atoms with Gasteiger partial charge in [0.2, 0.25) is 0 Å². The molecule has 1 aromatic heterocycles. The van der Waals surface area contributed by atoms with E-state index in [1.165, 1.54) is 6.20 Å². The molecule has 1 aliphatic heterocycles. The monoisotopic (exact) mass is 321 g/mol. The Balaban J connectivity index is 1.78. The van der Waals surface area contributed by atoms with Crippen molar-refractivity contribution in [1.82, 2.24) is 9.78 Å². The Morgan fingerprint density at radius 3 is 2.82 bits per heavy atom. The van der Waals surface area contributed by atoms with Gasteiger partial charge in [-0.05, 0) is 6.42 Å². The van der Waals surface area contributed by atoms with Crippen LogP contribution in [0.1, 0.15) is 23.7 Å². The number of rotatable bonds is 4. The third-order valence-electron chi connectivity index (χ3n) is 3.23. The third-order valence-corrected chi connectivity index (χ3v) is 3.54. The normalized spacial score (nSPS) is 13.0. The second-order valence-corrected chi connectivity index (χ2v) is 5.33. The molecule has 0 fully saturated rings. The summed E-state index contributed by atoms with van der Waals surface area (Å²) in [5.74, 6) is 0.901. The van der Waals surface area contributed by atoms with Crippen molar-refractivity contribution in [2.45, 2.75) is 19.9 Å². The van der Waals surface area contributed by atoms with Gasteiger partial charge in [-0.3, -0.25) is 9.48 Å². The summed E-state index contributed by atoms with van der Waals surface area (Å²) < 4.78 is 12.7. The highest BCUT2D eigenvalue weighted by molar-refractivity contribution is 6.34. The van der Waals surface area contributed by atoms with Crippen LogP contribution < -0.4 is 14.8 Å². The molecule has 3 rings (SSSR count). The summed E-state index contributed by atoms with van der Waals surface area (Å²) in [7, 11) is 0. The van der Waals surface area contributed by atoms with Gasteiger partial charge in [-0.15, -0.1) is 0 Å². The number of benzene rings is 1. The van der Waals surface area contributed by atoms with Crippen molar-refractivity contribution in [1.29, 1.82) is 0 Å². The molecule has 116 valence electrons. The number of nitrogens with zero attached hydrogens (tertiary/aromatic N) is 2. The summed E-state index contributed by atoms with van der Waals surface area (Å²) in [6, 6.07) is 3.32. The number of anilines is 1. The molecule has 2 heterocycles. The van der Waals surface area contributed by atoms with Crippen molar-refractivity contribution >= 4 is 23.2 Å². The summed E-state index contributed by atoms with van der Waals surface area (Å²) in [6.07, 6.45) is 4.21. The van der Waals surface area contributed by atoms with Crippen molar-refractivity contribution in [2.75, 3.05) is 18.5 Å². The molecule has 0 radical (unpaired) electrons. The molecule has 6 nitrogen and oxygen atoms in total. The Labute approximate surface area is 133 Å². The van der Waals surface area contributed by atoms with Gasteiger partial charge in [0.1, 0.15) is 13.2 Å². The molecule has 0 aliphatic carbocycles. The SMILES string of the molecule is CCCn1cc(C(=O)Nc2cc3c(cc2Cl)OCCO3)cn1. The molecule has 0 spiro atoms. The van der Waals surface area contributed by atoms with E-state index in [0.29, 0.717) is 41.0 Å². The van der Waals surface area contributed by atoms with Crippen LogP contribution in [0.15, 0.2) is 24.5 Å². The second kappa shape index (κ2) is 6.27. The number of ether oxygens (including phenoxy) is 2. The second-order valence-electron chi connectivity index (χ2n) is 4.92. The maximum absolute atomic E-state index is 12.3. The number of carbonyl (C=O) groups is 1. The Morgan fingerprint density at radius 2 is 2.09 bits per heavy atom. The largest absolute Gasteiger partial charge is 0.486 e. The van der Waals surface area contributed by atoms with Gasteiger partial charge in [0.05, 0.1) is 22.5 Å². The number of nitrogens with one attached hydrogen (secondary N) is 1. The number of halogens is 1. The van der Waals surface area contributed by atoms with Gasteiger partial charge in [0.15, 0.2) is 11.5 Å². The van der Waals surface area contributed by atoms with Gasteiger partial charge in [0.25, 0.3) is 5.91 Å². The zero-order valence-electron chi connectivity index (χ0n) is 12.1. The third kappa shape index (κ3) is 3.01. The van der Waals surface area contributed by atoms with Gasteiger partial charge in [-0.2, -0.15) is 5.10 Å². The molecule has 1 N–H and O–H groups in total. The van der Waals surface area contributed by atoms with E-state index in [4.69, 9.17) is 21.1 Å². The van der Waals surface area contributed by atoms with Gasteiger partial charge >= 0.3 is 0 Å². The van der Waals surface area contributed by atoms with Crippen molar-refractivity contribution in [2.24, 2.45) is 0 Å². The van der Waals surface area contributed by atoms with Crippen LogP contribution in [0, 0.1) is 0 Å². The summed E-state index contributed by atoms with van der Waals surface area (Å²) in [4.78, 5) is 12.3. The first-order valence-corrected chi connectivity index (χ1v) is 7.48. The molecule has 1 amide bonds. The molecule has 0 atom stereocenters. The highest BCUT2D eigenvalue weighted by Gasteiger charge is 2.17. The molecule has 0 bridgehead atoms. The quantitative estimate of drug-likeness (QED) is 0.940. The zero-order valence-corrected chi connectivity index (χ0v) is 12.9. The van der Waals surface area contributed by atoms with Gasteiger partial charge in [-0.25, -0.2) is 0 Å². The van der Waals surface area contributed by atoms with E-state index >= 15 is 0 Å². The molecule has 0 saturated heterocycles. The Bertz CT molecular complexity index is 699. The first-order chi connectivity index (χ1) is 10.7. The topological polar surface area (TPSA) is 65.4 Å². The molecule has 22 heavy (non-hydrogen) atoms. The lowest BCUT2D eigenvalue weighted by molar-refractivity contribution is 0.102. The molecule has 2 aromatic rings. The summed E-state index contributed by atoms with van der Waals surface area (Å²) in [6.45, 7) is 3.80. The fraction of sp³-hybridized carbons (Fsp3) is 0.333. The van der Waals surface area contributed by atoms with Crippen molar-refractivity contribution in [3.05, 3.63) is 35.1 Å². The minimum Gasteiger partial charge on any atom is -0.486 e. The van der Waals surface area contributed by atoms with E-state index in [0.717, 1.165) is 13.0 Å². The maximum atomic E-state index is 12.3. The minimum absolute atomic E-state index is 0.263. The van der Waals surface area contributed by atoms with Crippen molar-refractivity contribution < 1.29 is 14.3 Å². The number of hydrogen-bond acceptors (Lipinski definition) is 4. The van der Waals surface area contributed by atoms with E-state index in [2.05, 4.69) is 17.3 Å². The molecule has 7 heteroatoms. The number of hydrogen-bond donors (Lipinski definition) is 1. The van der Waals surface area contributed by atoms with E-state index in [-0.39, 0.29) is 5.91 Å². The Morgan fingerprint density at radius 1 is 1.36 bits per heavy atom. The lowest BCUT2D eigenvalue weighted by atomic mass is 10.2. The molecular formula is C15H16ClN3O3. The van der Waals surface area contributed by atoms with E-state index in [1.807, 2.05) is 0 Å². The average Bonchev–Trinajstić information content (AvgIpc) is 2.97. The highest BCUT2D eigenvalue weighted by atomic mass is 35.5. The predicted octanol–water partition coefficient (Wildman–Crippen LogP) is 2.97. The first kappa shape index (κ1) is 14.7. The van der Waals surface area contributed by atoms with Crippen LogP contribution in [0.5, 0.6) is 11.5 Å². The predicted molar refractivity (Wildman–Crippen MR) is 82.9 cm³/mol. The molecule has 0 saturated carbocycles. The minimum atomic E-state index is -0.263. The van der Waals surface area contributed by atoms with E-state index < -0.39 is 0 Å². The van der Waals surface area contributed by atoms with Gasteiger partial charge in [0, 0.05) is 24.9 Å². The van der Waals surface area contributed by atoms with E-state index in [1.54, 1.807) is 23.0 Å². The Hall–Kier alpha value is -2.21. The molecule has 1 aromatic carbocycles.